The Hall–Kier alpha value is -1.46. The van der Waals surface area contributed by atoms with E-state index in [2.05, 4.69) is 33.2 Å². The summed E-state index contributed by atoms with van der Waals surface area (Å²) in [5.41, 5.74) is 1.40. The van der Waals surface area contributed by atoms with Gasteiger partial charge in [-0.2, -0.15) is 0 Å². The molecule has 0 aliphatic rings. The van der Waals surface area contributed by atoms with Gasteiger partial charge in [0.25, 0.3) is 0 Å². The van der Waals surface area contributed by atoms with Crippen LogP contribution in [0, 0.1) is 0 Å². The number of hydrogen-bond donors (Lipinski definition) is 1. The molecule has 4 nitrogen and oxygen atoms in total. The van der Waals surface area contributed by atoms with Crippen molar-refractivity contribution in [1.29, 1.82) is 0 Å². The largest absolute Gasteiger partial charge is 0.372 e. The molecule has 1 unspecified atom stereocenters. The van der Waals surface area contributed by atoms with Crippen LogP contribution >= 0.6 is 15.9 Å². The van der Waals surface area contributed by atoms with Gasteiger partial charge in [-0.15, -0.1) is 0 Å². The molecule has 0 radical (unpaired) electrons. The Morgan fingerprint density at radius 3 is 2.43 bits per heavy atom. The summed E-state index contributed by atoms with van der Waals surface area (Å²) in [4.78, 5) is 9.34. The molecule has 0 aliphatic carbocycles. The van der Waals surface area contributed by atoms with Gasteiger partial charge in [-0.1, -0.05) is 37.3 Å². The van der Waals surface area contributed by atoms with Crippen LogP contribution in [0.25, 0.3) is 11.3 Å². The third kappa shape index (κ3) is 3.09. The quantitative estimate of drug-likeness (QED) is 0.877. The molecular weight excluding hydrogens is 330 g/mol. The first-order valence-electron chi connectivity index (χ1n) is 6.92. The summed E-state index contributed by atoms with van der Waals surface area (Å²) >= 11 is 3.59. The first kappa shape index (κ1) is 15.9. The minimum atomic E-state index is -0.504. The second kappa shape index (κ2) is 6.54. The lowest BCUT2D eigenvalue weighted by Gasteiger charge is -2.26. The standard InChI is InChI=1S/C16H20BrN3O/c1-5-16(2,21-4)15-19-13(11-9-7-6-8-10-11)12(17)14(18-3)20-15/h6-10H,5H2,1-4H3,(H,18,19,20). The molecule has 0 amide bonds. The number of ether oxygens (including phenoxy) is 1. The lowest BCUT2D eigenvalue weighted by Crippen LogP contribution is -2.27. The Kier molecular flexibility index (Phi) is 4.96. The Bertz CT molecular complexity index is 612. The predicted octanol–water partition coefficient (Wildman–Crippen LogP) is 4.22. The summed E-state index contributed by atoms with van der Waals surface area (Å²) < 4.78 is 6.49. The van der Waals surface area contributed by atoms with Gasteiger partial charge in [-0.25, -0.2) is 9.97 Å². The fraction of sp³-hybridized carbons (Fsp3) is 0.375. The highest BCUT2D eigenvalue weighted by molar-refractivity contribution is 9.10. The molecule has 0 saturated carbocycles. The van der Waals surface area contributed by atoms with Crippen molar-refractivity contribution in [2.75, 3.05) is 19.5 Å². The van der Waals surface area contributed by atoms with Crippen LogP contribution in [0.4, 0.5) is 5.82 Å². The Morgan fingerprint density at radius 2 is 1.90 bits per heavy atom. The molecule has 1 atom stereocenters. The normalized spacial score (nSPS) is 13.8. The number of hydrogen-bond acceptors (Lipinski definition) is 4. The van der Waals surface area contributed by atoms with E-state index in [4.69, 9.17) is 9.72 Å². The van der Waals surface area contributed by atoms with E-state index in [0.29, 0.717) is 5.82 Å². The molecule has 0 saturated heterocycles. The molecule has 0 bridgehead atoms. The summed E-state index contributed by atoms with van der Waals surface area (Å²) in [6.07, 6.45) is 0.794. The van der Waals surface area contributed by atoms with E-state index in [-0.39, 0.29) is 0 Å². The SMILES string of the molecule is CCC(C)(OC)c1nc(NC)c(Br)c(-c2ccccc2)n1. The molecule has 21 heavy (non-hydrogen) atoms. The first-order chi connectivity index (χ1) is 10.1. The first-order valence-corrected chi connectivity index (χ1v) is 7.71. The van der Waals surface area contributed by atoms with Crippen molar-refractivity contribution in [3.8, 4) is 11.3 Å². The van der Waals surface area contributed by atoms with Gasteiger partial charge in [0.1, 0.15) is 11.4 Å². The molecule has 1 heterocycles. The van der Waals surface area contributed by atoms with Crippen LogP contribution in [0.1, 0.15) is 26.1 Å². The van der Waals surface area contributed by atoms with Crippen molar-refractivity contribution in [2.24, 2.45) is 0 Å². The number of benzene rings is 1. The highest BCUT2D eigenvalue weighted by Crippen LogP contribution is 2.35. The topological polar surface area (TPSA) is 47.0 Å². The maximum atomic E-state index is 5.64. The van der Waals surface area contributed by atoms with Gasteiger partial charge in [-0.05, 0) is 29.3 Å². The molecule has 2 aromatic rings. The van der Waals surface area contributed by atoms with Crippen LogP contribution in [0.15, 0.2) is 34.8 Å². The lowest BCUT2D eigenvalue weighted by molar-refractivity contribution is -0.00879. The van der Waals surface area contributed by atoms with Crippen LogP contribution in [-0.2, 0) is 10.3 Å². The number of nitrogens with zero attached hydrogens (tertiary/aromatic N) is 2. The minimum absolute atomic E-state index is 0.504. The number of anilines is 1. The predicted molar refractivity (Wildman–Crippen MR) is 89.4 cm³/mol. The molecule has 1 aromatic carbocycles. The van der Waals surface area contributed by atoms with Crippen LogP contribution in [-0.4, -0.2) is 24.1 Å². The summed E-state index contributed by atoms with van der Waals surface area (Å²) in [5.74, 6) is 1.44. The molecule has 0 spiro atoms. The van der Waals surface area contributed by atoms with Gasteiger partial charge in [0.05, 0.1) is 10.2 Å². The zero-order valence-corrected chi connectivity index (χ0v) is 14.4. The van der Waals surface area contributed by atoms with E-state index in [1.54, 1.807) is 7.11 Å². The summed E-state index contributed by atoms with van der Waals surface area (Å²) in [5, 5.41) is 3.11. The van der Waals surface area contributed by atoms with Crippen molar-refractivity contribution >= 4 is 21.7 Å². The van der Waals surface area contributed by atoms with E-state index in [1.807, 2.05) is 44.3 Å². The van der Waals surface area contributed by atoms with Crippen LogP contribution in [0.3, 0.4) is 0 Å². The molecule has 2 rings (SSSR count). The average molecular weight is 350 g/mol. The van der Waals surface area contributed by atoms with E-state index >= 15 is 0 Å². The van der Waals surface area contributed by atoms with Gasteiger partial charge in [0.15, 0.2) is 5.82 Å². The summed E-state index contributed by atoms with van der Waals surface area (Å²) in [7, 11) is 3.54. The zero-order chi connectivity index (χ0) is 15.5. The molecule has 1 aromatic heterocycles. The summed E-state index contributed by atoms with van der Waals surface area (Å²) in [6, 6.07) is 10.1. The third-order valence-electron chi connectivity index (χ3n) is 3.73. The van der Waals surface area contributed by atoms with Crippen molar-refractivity contribution in [3.63, 3.8) is 0 Å². The van der Waals surface area contributed by atoms with E-state index < -0.39 is 5.60 Å². The molecule has 0 fully saturated rings. The third-order valence-corrected chi connectivity index (χ3v) is 4.48. The molecule has 5 heteroatoms. The number of rotatable bonds is 5. The second-order valence-corrected chi connectivity index (χ2v) is 5.76. The Morgan fingerprint density at radius 1 is 1.24 bits per heavy atom. The van der Waals surface area contributed by atoms with E-state index in [9.17, 15) is 0 Å². The maximum absolute atomic E-state index is 5.64. The number of aromatic nitrogens is 2. The van der Waals surface area contributed by atoms with Crippen LogP contribution in [0.5, 0.6) is 0 Å². The monoisotopic (exact) mass is 349 g/mol. The smallest absolute Gasteiger partial charge is 0.162 e. The van der Waals surface area contributed by atoms with Gasteiger partial charge in [0.2, 0.25) is 0 Å². The Labute approximate surface area is 134 Å². The molecule has 1 N–H and O–H groups in total. The second-order valence-electron chi connectivity index (χ2n) is 4.96. The molecule has 112 valence electrons. The average Bonchev–Trinajstić information content (AvgIpc) is 2.55. The van der Waals surface area contributed by atoms with Crippen molar-refractivity contribution < 1.29 is 4.74 Å². The van der Waals surface area contributed by atoms with E-state index in [0.717, 1.165) is 28.0 Å². The van der Waals surface area contributed by atoms with Crippen molar-refractivity contribution in [1.82, 2.24) is 9.97 Å². The van der Waals surface area contributed by atoms with Crippen molar-refractivity contribution in [2.45, 2.75) is 25.9 Å². The van der Waals surface area contributed by atoms with Crippen molar-refractivity contribution in [3.05, 3.63) is 40.6 Å². The van der Waals surface area contributed by atoms with Gasteiger partial charge >= 0.3 is 0 Å². The van der Waals surface area contributed by atoms with E-state index in [1.165, 1.54) is 0 Å². The fourth-order valence-electron chi connectivity index (χ4n) is 2.03. The Balaban J connectivity index is 2.66. The minimum Gasteiger partial charge on any atom is -0.372 e. The highest BCUT2D eigenvalue weighted by atomic mass is 79.9. The van der Waals surface area contributed by atoms with Gasteiger partial charge in [0, 0.05) is 19.7 Å². The summed E-state index contributed by atoms with van der Waals surface area (Å²) in [6.45, 7) is 4.07. The highest BCUT2D eigenvalue weighted by Gasteiger charge is 2.29. The van der Waals surface area contributed by atoms with Gasteiger partial charge < -0.3 is 10.1 Å². The van der Waals surface area contributed by atoms with Crippen LogP contribution in [0.2, 0.25) is 0 Å². The molecular formula is C16H20BrN3O. The fourth-order valence-corrected chi connectivity index (χ4v) is 2.63. The number of nitrogens with one attached hydrogen (secondary N) is 1. The van der Waals surface area contributed by atoms with Crippen LogP contribution < -0.4 is 5.32 Å². The number of halogens is 1. The maximum Gasteiger partial charge on any atom is 0.162 e. The lowest BCUT2D eigenvalue weighted by atomic mass is 10.0. The number of methoxy groups -OCH3 is 1. The van der Waals surface area contributed by atoms with Gasteiger partial charge in [-0.3, -0.25) is 0 Å². The molecule has 0 aliphatic heterocycles. The zero-order valence-electron chi connectivity index (χ0n) is 12.8.